The minimum absolute atomic E-state index is 0. The molecule has 0 saturated heterocycles. The number of hydrogen-bond acceptors (Lipinski definition) is 3. The molecule has 20 heavy (non-hydrogen) atoms. The summed E-state index contributed by atoms with van der Waals surface area (Å²) in [5, 5.41) is 0. The van der Waals surface area contributed by atoms with Gasteiger partial charge in [0.15, 0.2) is 0 Å². The molecule has 7 heteroatoms. The Balaban J connectivity index is 0.00000147. The van der Waals surface area contributed by atoms with Crippen LogP contribution in [-0.2, 0) is 14.8 Å². The maximum atomic E-state index is 11.9. The molecule has 0 spiro atoms. The van der Waals surface area contributed by atoms with Crippen molar-refractivity contribution in [3.8, 4) is 0 Å². The van der Waals surface area contributed by atoms with E-state index in [0.29, 0.717) is 18.4 Å². The number of hydrogen-bond donors (Lipinski definition) is 2. The molecule has 0 aliphatic heterocycles. The summed E-state index contributed by atoms with van der Waals surface area (Å²) in [7, 11) is -3.17. The summed E-state index contributed by atoms with van der Waals surface area (Å²) in [6.07, 6.45) is 7.07. The van der Waals surface area contributed by atoms with Crippen LogP contribution in [-0.4, -0.2) is 27.1 Å². The highest BCUT2D eigenvalue weighted by atomic mass is 35.5. The summed E-state index contributed by atoms with van der Waals surface area (Å²) in [5.41, 5.74) is 5.26. The molecule has 4 aliphatic carbocycles. The van der Waals surface area contributed by atoms with Crippen molar-refractivity contribution in [1.29, 1.82) is 0 Å². The van der Waals surface area contributed by atoms with Crippen molar-refractivity contribution in [2.24, 2.45) is 28.4 Å². The van der Waals surface area contributed by atoms with Gasteiger partial charge in [-0.05, 0) is 55.8 Å². The van der Waals surface area contributed by atoms with Gasteiger partial charge in [-0.25, -0.2) is 13.1 Å². The number of halogens is 1. The lowest BCUT2D eigenvalue weighted by Crippen LogP contribution is -2.59. The standard InChI is InChI=1S/C13H22N2O3S.ClH/c1-19(17,18)15-8-12-3-9-2-10(4-12)6-13(5-9,7-12)11(14)16;/h9-10,15H,2-8H2,1H3,(H2,14,16);1H. The zero-order chi connectivity index (χ0) is 13.9. The highest BCUT2D eigenvalue weighted by Crippen LogP contribution is 2.64. The maximum Gasteiger partial charge on any atom is 0.223 e. The monoisotopic (exact) mass is 322 g/mol. The third kappa shape index (κ3) is 2.70. The SMILES string of the molecule is CS(=O)(=O)NCC12CC3CC(C1)CC(C(N)=O)(C3)C2.Cl. The van der Waals surface area contributed by atoms with Crippen molar-refractivity contribution in [3.05, 3.63) is 0 Å². The van der Waals surface area contributed by atoms with Gasteiger partial charge in [-0.1, -0.05) is 0 Å². The Kier molecular flexibility index (Phi) is 3.89. The van der Waals surface area contributed by atoms with E-state index in [1.165, 1.54) is 12.7 Å². The molecule has 5 nitrogen and oxygen atoms in total. The normalized spacial score (nSPS) is 42.2. The number of carbonyl (C=O) groups excluding carboxylic acids is 1. The second kappa shape index (κ2) is 4.85. The molecule has 0 heterocycles. The molecule has 0 aromatic rings. The summed E-state index contributed by atoms with van der Waals surface area (Å²) >= 11 is 0. The lowest BCUT2D eigenvalue weighted by molar-refractivity contribution is -0.153. The van der Waals surface area contributed by atoms with Gasteiger partial charge in [0.25, 0.3) is 0 Å². The van der Waals surface area contributed by atoms with Crippen molar-refractivity contribution in [2.45, 2.75) is 38.5 Å². The molecule has 4 fully saturated rings. The fraction of sp³-hybridized carbons (Fsp3) is 0.923. The van der Waals surface area contributed by atoms with E-state index in [9.17, 15) is 13.2 Å². The van der Waals surface area contributed by atoms with Crippen molar-refractivity contribution in [2.75, 3.05) is 12.8 Å². The van der Waals surface area contributed by atoms with Gasteiger partial charge >= 0.3 is 0 Å². The molecule has 4 bridgehead atoms. The number of nitrogens with one attached hydrogen (secondary N) is 1. The molecule has 116 valence electrons. The van der Waals surface area contributed by atoms with Crippen LogP contribution < -0.4 is 10.5 Å². The van der Waals surface area contributed by atoms with E-state index >= 15 is 0 Å². The molecule has 4 saturated carbocycles. The van der Waals surface area contributed by atoms with E-state index in [1.54, 1.807) is 0 Å². The van der Waals surface area contributed by atoms with Gasteiger partial charge in [0.05, 0.1) is 11.7 Å². The molecular formula is C13H23ClN2O3S. The van der Waals surface area contributed by atoms with Crippen LogP contribution in [0.5, 0.6) is 0 Å². The zero-order valence-electron chi connectivity index (χ0n) is 11.7. The summed E-state index contributed by atoms with van der Waals surface area (Å²) in [4.78, 5) is 11.9. The summed E-state index contributed by atoms with van der Waals surface area (Å²) in [6, 6.07) is 0. The number of amides is 1. The predicted molar refractivity (Wildman–Crippen MR) is 78.8 cm³/mol. The van der Waals surface area contributed by atoms with Gasteiger partial charge in [0.2, 0.25) is 15.9 Å². The van der Waals surface area contributed by atoms with E-state index in [-0.39, 0.29) is 29.1 Å². The third-order valence-corrected chi connectivity index (χ3v) is 6.08. The van der Waals surface area contributed by atoms with Gasteiger partial charge in [-0.3, -0.25) is 4.79 Å². The molecular weight excluding hydrogens is 300 g/mol. The van der Waals surface area contributed by atoms with Crippen LogP contribution in [0, 0.1) is 22.7 Å². The first-order chi connectivity index (χ1) is 8.72. The molecule has 0 radical (unpaired) electrons. The van der Waals surface area contributed by atoms with Crippen LogP contribution in [0.1, 0.15) is 38.5 Å². The number of primary amides is 1. The molecule has 0 aromatic heterocycles. The van der Waals surface area contributed by atoms with Crippen LogP contribution in [0.2, 0.25) is 0 Å². The maximum absolute atomic E-state index is 11.9. The molecule has 4 rings (SSSR count). The van der Waals surface area contributed by atoms with Crippen molar-refractivity contribution < 1.29 is 13.2 Å². The summed E-state index contributed by atoms with van der Waals surface area (Å²) < 4.78 is 25.3. The van der Waals surface area contributed by atoms with Crippen LogP contribution in [0.25, 0.3) is 0 Å². The van der Waals surface area contributed by atoms with Gasteiger partial charge in [-0.15, -0.1) is 12.4 Å². The van der Waals surface area contributed by atoms with E-state index in [4.69, 9.17) is 5.73 Å². The Morgan fingerprint density at radius 3 is 2.25 bits per heavy atom. The number of carbonyl (C=O) groups is 1. The average Bonchev–Trinajstić information content (AvgIpc) is 2.24. The second-order valence-electron chi connectivity index (χ2n) is 7.20. The number of sulfonamides is 1. The third-order valence-electron chi connectivity index (χ3n) is 5.41. The zero-order valence-corrected chi connectivity index (χ0v) is 13.4. The first kappa shape index (κ1) is 16.0. The highest BCUT2D eigenvalue weighted by molar-refractivity contribution is 7.88. The van der Waals surface area contributed by atoms with Crippen LogP contribution >= 0.6 is 12.4 Å². The largest absolute Gasteiger partial charge is 0.369 e. The van der Waals surface area contributed by atoms with Crippen molar-refractivity contribution in [3.63, 3.8) is 0 Å². The van der Waals surface area contributed by atoms with Gasteiger partial charge in [-0.2, -0.15) is 0 Å². The number of nitrogens with two attached hydrogens (primary N) is 1. The fourth-order valence-corrected chi connectivity index (χ4v) is 5.80. The topological polar surface area (TPSA) is 89.3 Å². The Hall–Kier alpha value is -0.330. The van der Waals surface area contributed by atoms with E-state index in [2.05, 4.69) is 4.72 Å². The quantitative estimate of drug-likeness (QED) is 0.810. The summed E-state index contributed by atoms with van der Waals surface area (Å²) in [5.74, 6) is 0.926. The van der Waals surface area contributed by atoms with E-state index in [1.807, 2.05) is 0 Å². The molecule has 2 atom stereocenters. The summed E-state index contributed by atoms with van der Waals surface area (Å²) in [6.45, 7) is 0.466. The molecule has 2 unspecified atom stereocenters. The Labute approximate surface area is 126 Å². The van der Waals surface area contributed by atoms with Crippen LogP contribution in [0.15, 0.2) is 0 Å². The Bertz CT molecular complexity index is 506. The highest BCUT2D eigenvalue weighted by Gasteiger charge is 2.59. The Morgan fingerprint density at radius 1 is 1.25 bits per heavy atom. The minimum Gasteiger partial charge on any atom is -0.369 e. The first-order valence-corrected chi connectivity index (χ1v) is 8.86. The van der Waals surface area contributed by atoms with E-state index in [0.717, 1.165) is 32.1 Å². The second-order valence-corrected chi connectivity index (χ2v) is 9.03. The smallest absolute Gasteiger partial charge is 0.223 e. The predicted octanol–water partition coefficient (Wildman–Crippen LogP) is 1.03. The first-order valence-electron chi connectivity index (χ1n) is 6.97. The lowest BCUT2D eigenvalue weighted by Gasteiger charge is -2.61. The molecule has 1 amide bonds. The van der Waals surface area contributed by atoms with E-state index < -0.39 is 10.0 Å². The molecule has 0 aromatic carbocycles. The minimum atomic E-state index is -3.17. The van der Waals surface area contributed by atoms with Gasteiger partial charge in [0.1, 0.15) is 0 Å². The Morgan fingerprint density at radius 2 is 1.80 bits per heavy atom. The fourth-order valence-electron chi connectivity index (χ4n) is 5.23. The van der Waals surface area contributed by atoms with Crippen molar-refractivity contribution in [1.82, 2.24) is 4.72 Å². The lowest BCUT2D eigenvalue weighted by atomic mass is 9.44. The van der Waals surface area contributed by atoms with Crippen LogP contribution in [0.3, 0.4) is 0 Å². The van der Waals surface area contributed by atoms with Crippen molar-refractivity contribution >= 4 is 28.3 Å². The average molecular weight is 323 g/mol. The molecule has 4 aliphatic rings. The van der Waals surface area contributed by atoms with Gasteiger partial charge < -0.3 is 5.73 Å². The van der Waals surface area contributed by atoms with Gasteiger partial charge in [0, 0.05) is 6.54 Å². The molecule has 3 N–H and O–H groups in total. The van der Waals surface area contributed by atoms with Crippen LogP contribution in [0.4, 0.5) is 0 Å². The number of rotatable bonds is 4.